The van der Waals surface area contributed by atoms with Crippen molar-refractivity contribution in [2.45, 2.75) is 19.1 Å². The summed E-state index contributed by atoms with van der Waals surface area (Å²) in [6.07, 6.45) is 2.79. The number of aromatic nitrogens is 3. The number of anilines is 1. The monoisotopic (exact) mass is 230 g/mol. The second-order valence-corrected chi connectivity index (χ2v) is 4.17. The molecular weight excluding hydrogens is 216 g/mol. The number of hydrogen-bond donors (Lipinski definition) is 2. The average molecular weight is 230 g/mol. The van der Waals surface area contributed by atoms with Crippen molar-refractivity contribution in [3.8, 4) is 0 Å². The van der Waals surface area contributed by atoms with Crippen LogP contribution in [0.1, 0.15) is 23.7 Å². The van der Waals surface area contributed by atoms with Crippen molar-refractivity contribution in [1.29, 1.82) is 0 Å². The first-order valence-electron chi connectivity index (χ1n) is 5.73. The number of aliphatic hydroxyl groups is 1. The zero-order valence-electron chi connectivity index (χ0n) is 9.37. The first-order valence-corrected chi connectivity index (χ1v) is 5.73. The van der Waals surface area contributed by atoms with E-state index < -0.39 is 0 Å². The lowest BCUT2D eigenvalue weighted by molar-refractivity contribution is 0.276. The molecule has 0 radical (unpaired) electrons. The van der Waals surface area contributed by atoms with Crippen molar-refractivity contribution < 1.29 is 5.11 Å². The third kappa shape index (κ3) is 1.78. The molecule has 1 unspecified atom stereocenters. The van der Waals surface area contributed by atoms with Crippen LogP contribution in [0.5, 0.6) is 0 Å². The molecule has 0 spiro atoms. The van der Waals surface area contributed by atoms with Gasteiger partial charge in [-0.2, -0.15) is 0 Å². The van der Waals surface area contributed by atoms with Gasteiger partial charge in [-0.05, 0) is 18.1 Å². The Hall–Kier alpha value is -1.88. The van der Waals surface area contributed by atoms with Crippen LogP contribution in [0.3, 0.4) is 0 Å². The van der Waals surface area contributed by atoms with Crippen LogP contribution in [0.4, 0.5) is 5.69 Å². The van der Waals surface area contributed by atoms with Crippen molar-refractivity contribution in [3.05, 3.63) is 41.7 Å². The first-order chi connectivity index (χ1) is 8.38. The van der Waals surface area contributed by atoms with Crippen molar-refractivity contribution in [3.63, 3.8) is 0 Å². The zero-order valence-corrected chi connectivity index (χ0v) is 9.37. The zero-order chi connectivity index (χ0) is 11.7. The molecule has 0 fully saturated rings. The van der Waals surface area contributed by atoms with Crippen molar-refractivity contribution in [1.82, 2.24) is 15.0 Å². The van der Waals surface area contributed by atoms with Gasteiger partial charge in [0.1, 0.15) is 5.69 Å². The molecule has 1 aromatic carbocycles. The summed E-state index contributed by atoms with van der Waals surface area (Å²) in [5.41, 5.74) is 3.00. The van der Waals surface area contributed by atoms with E-state index in [-0.39, 0.29) is 12.6 Å². The summed E-state index contributed by atoms with van der Waals surface area (Å²) in [5.74, 6) is 0. The van der Waals surface area contributed by atoms with Crippen LogP contribution < -0.4 is 5.32 Å². The fourth-order valence-corrected chi connectivity index (χ4v) is 2.26. The number of para-hydroxylation sites is 1. The fourth-order valence-electron chi connectivity index (χ4n) is 2.26. The Labute approximate surface area is 99.1 Å². The van der Waals surface area contributed by atoms with Crippen LogP contribution in [0, 0.1) is 0 Å². The highest BCUT2D eigenvalue weighted by Gasteiger charge is 2.22. The van der Waals surface area contributed by atoms with Gasteiger partial charge < -0.3 is 10.4 Å². The normalized spacial score (nSPS) is 18.5. The third-order valence-electron chi connectivity index (χ3n) is 3.09. The highest BCUT2D eigenvalue weighted by molar-refractivity contribution is 5.54. The van der Waals surface area contributed by atoms with Gasteiger partial charge in [0.25, 0.3) is 0 Å². The largest absolute Gasteiger partial charge is 0.390 e. The van der Waals surface area contributed by atoms with Gasteiger partial charge in [-0.1, -0.05) is 23.4 Å². The molecule has 3 rings (SSSR count). The van der Waals surface area contributed by atoms with Gasteiger partial charge in [0.2, 0.25) is 0 Å². The van der Waals surface area contributed by atoms with E-state index in [9.17, 15) is 0 Å². The summed E-state index contributed by atoms with van der Waals surface area (Å²) < 4.78 is 1.84. The van der Waals surface area contributed by atoms with E-state index in [0.717, 1.165) is 18.7 Å². The predicted molar refractivity (Wildman–Crippen MR) is 63.6 cm³/mol. The molecule has 1 aromatic heterocycles. The van der Waals surface area contributed by atoms with Crippen molar-refractivity contribution >= 4 is 5.69 Å². The van der Waals surface area contributed by atoms with Crippen LogP contribution in [0.2, 0.25) is 0 Å². The second kappa shape index (κ2) is 4.18. The van der Waals surface area contributed by atoms with Gasteiger partial charge in [0.15, 0.2) is 0 Å². The molecule has 2 aromatic rings. The molecule has 1 aliphatic rings. The van der Waals surface area contributed by atoms with Crippen LogP contribution in [0.15, 0.2) is 30.5 Å². The minimum absolute atomic E-state index is 0.0629. The number of benzene rings is 1. The number of nitrogens with zero attached hydrogens (tertiary/aromatic N) is 3. The summed E-state index contributed by atoms with van der Waals surface area (Å²) in [4.78, 5) is 0. The van der Waals surface area contributed by atoms with E-state index in [1.54, 1.807) is 0 Å². The van der Waals surface area contributed by atoms with Gasteiger partial charge in [0.05, 0.1) is 18.8 Å². The van der Waals surface area contributed by atoms with E-state index in [0.29, 0.717) is 5.69 Å². The van der Waals surface area contributed by atoms with Crippen LogP contribution in [-0.4, -0.2) is 26.6 Å². The summed E-state index contributed by atoms with van der Waals surface area (Å²) in [6, 6.07) is 8.44. The van der Waals surface area contributed by atoms with E-state index in [2.05, 4.69) is 27.8 Å². The predicted octanol–water partition coefficient (Wildman–Crippen LogP) is 1.18. The summed E-state index contributed by atoms with van der Waals surface area (Å²) in [5, 5.41) is 20.4. The topological polar surface area (TPSA) is 63.0 Å². The quantitative estimate of drug-likeness (QED) is 0.813. The maximum absolute atomic E-state index is 9.02. The second-order valence-electron chi connectivity index (χ2n) is 4.17. The molecule has 2 heterocycles. The molecule has 0 saturated heterocycles. The molecule has 0 aliphatic carbocycles. The third-order valence-corrected chi connectivity index (χ3v) is 3.09. The molecule has 5 heteroatoms. The number of hydrogen-bond acceptors (Lipinski definition) is 4. The van der Waals surface area contributed by atoms with Crippen molar-refractivity contribution in [2.24, 2.45) is 0 Å². The number of fused-ring (bicyclic) bond motifs is 1. The number of nitrogens with one attached hydrogen (secondary N) is 1. The number of rotatable bonds is 2. The standard InChI is InChI=1S/C12H14N4O/c17-8-9-7-16(15-14-9)12-5-6-13-11-4-2-1-3-10(11)12/h1-4,7,12-13,17H,5-6,8H2. The SMILES string of the molecule is OCc1cn(C2CCNc3ccccc32)nn1. The Kier molecular flexibility index (Phi) is 2.53. The Morgan fingerprint density at radius 3 is 3.12 bits per heavy atom. The van der Waals surface area contributed by atoms with Crippen LogP contribution in [0.25, 0.3) is 0 Å². The Morgan fingerprint density at radius 1 is 1.41 bits per heavy atom. The molecule has 2 N–H and O–H groups in total. The van der Waals surface area contributed by atoms with Crippen LogP contribution in [-0.2, 0) is 6.61 Å². The maximum Gasteiger partial charge on any atom is 0.108 e. The molecular formula is C12H14N4O. The molecule has 0 amide bonds. The highest BCUT2D eigenvalue weighted by atomic mass is 16.3. The lowest BCUT2D eigenvalue weighted by Gasteiger charge is -2.26. The van der Waals surface area contributed by atoms with Crippen LogP contribution >= 0.6 is 0 Å². The first kappa shape index (κ1) is 10.3. The smallest absolute Gasteiger partial charge is 0.108 e. The fraction of sp³-hybridized carbons (Fsp3) is 0.333. The van der Waals surface area contributed by atoms with E-state index >= 15 is 0 Å². The molecule has 88 valence electrons. The van der Waals surface area contributed by atoms with E-state index in [1.165, 1.54) is 5.56 Å². The molecule has 17 heavy (non-hydrogen) atoms. The van der Waals surface area contributed by atoms with E-state index in [1.807, 2.05) is 23.0 Å². The number of aliphatic hydroxyl groups excluding tert-OH is 1. The Morgan fingerprint density at radius 2 is 2.29 bits per heavy atom. The summed E-state index contributed by atoms with van der Waals surface area (Å²) in [7, 11) is 0. The molecule has 1 aliphatic heterocycles. The molecule has 0 bridgehead atoms. The lowest BCUT2D eigenvalue weighted by Crippen LogP contribution is -2.22. The molecule has 1 atom stereocenters. The van der Waals surface area contributed by atoms with E-state index in [4.69, 9.17) is 5.11 Å². The van der Waals surface area contributed by atoms with Gasteiger partial charge in [-0.3, -0.25) is 0 Å². The lowest BCUT2D eigenvalue weighted by atomic mass is 9.98. The van der Waals surface area contributed by atoms with Gasteiger partial charge in [-0.15, -0.1) is 5.10 Å². The minimum Gasteiger partial charge on any atom is -0.390 e. The summed E-state index contributed by atoms with van der Waals surface area (Å²) in [6.45, 7) is 0.864. The Balaban J connectivity index is 1.99. The molecule has 5 nitrogen and oxygen atoms in total. The summed E-state index contributed by atoms with van der Waals surface area (Å²) >= 11 is 0. The van der Waals surface area contributed by atoms with Gasteiger partial charge in [-0.25, -0.2) is 4.68 Å². The average Bonchev–Trinajstić information content (AvgIpc) is 2.87. The van der Waals surface area contributed by atoms with Gasteiger partial charge >= 0.3 is 0 Å². The minimum atomic E-state index is -0.0629. The van der Waals surface area contributed by atoms with Crippen molar-refractivity contribution in [2.75, 3.05) is 11.9 Å². The maximum atomic E-state index is 9.02. The Bertz CT molecular complexity index is 523. The highest BCUT2D eigenvalue weighted by Crippen LogP contribution is 2.31. The van der Waals surface area contributed by atoms with Gasteiger partial charge in [0, 0.05) is 12.2 Å². The molecule has 0 saturated carbocycles.